The van der Waals surface area contributed by atoms with Crippen LogP contribution in [0.5, 0.6) is 0 Å². The Morgan fingerprint density at radius 2 is 1.81 bits per heavy atom. The lowest BCUT2D eigenvalue weighted by Crippen LogP contribution is -2.48. The quantitative estimate of drug-likeness (QED) is 0.315. The van der Waals surface area contributed by atoms with Crippen LogP contribution in [0.4, 0.5) is 0 Å². The van der Waals surface area contributed by atoms with Crippen molar-refractivity contribution in [1.82, 2.24) is 20.4 Å². The van der Waals surface area contributed by atoms with E-state index in [1.807, 2.05) is 24.3 Å². The van der Waals surface area contributed by atoms with Gasteiger partial charge in [0, 0.05) is 46.3 Å². The monoisotopic (exact) mass is 543 g/mol. The predicted molar refractivity (Wildman–Crippen MR) is 137 cm³/mol. The Bertz CT molecular complexity index is 751. The summed E-state index contributed by atoms with van der Waals surface area (Å²) in [5.74, 6) is 1.25. The Morgan fingerprint density at radius 1 is 1.10 bits per heavy atom. The Kier molecular flexibility index (Phi) is 11.9. The van der Waals surface area contributed by atoms with Crippen LogP contribution in [0.3, 0.4) is 0 Å². The zero-order chi connectivity index (χ0) is 22.1. The molecule has 0 aliphatic heterocycles. The SMILES string of the molecule is CC1CCCCC1NC(=NCC(=O)N(C)C)NCCc1cccc(C(=O)N(C)C)c1.I. The summed E-state index contributed by atoms with van der Waals surface area (Å²) in [6.07, 6.45) is 5.60. The third kappa shape index (κ3) is 9.04. The first kappa shape index (κ1) is 27.2. The maximum absolute atomic E-state index is 12.2. The number of carbonyl (C=O) groups excluding carboxylic acids is 2. The van der Waals surface area contributed by atoms with Crippen molar-refractivity contribution >= 4 is 41.8 Å². The van der Waals surface area contributed by atoms with Gasteiger partial charge in [-0.2, -0.15) is 0 Å². The van der Waals surface area contributed by atoms with Gasteiger partial charge in [-0.25, -0.2) is 4.99 Å². The number of hydrogen-bond donors (Lipinski definition) is 2. The molecule has 2 N–H and O–H groups in total. The highest BCUT2D eigenvalue weighted by molar-refractivity contribution is 14.0. The molecule has 2 amide bonds. The Morgan fingerprint density at radius 3 is 2.45 bits per heavy atom. The van der Waals surface area contributed by atoms with E-state index in [4.69, 9.17) is 0 Å². The van der Waals surface area contributed by atoms with E-state index in [0.717, 1.165) is 18.4 Å². The van der Waals surface area contributed by atoms with Gasteiger partial charge in [0.25, 0.3) is 5.91 Å². The van der Waals surface area contributed by atoms with E-state index in [-0.39, 0.29) is 42.3 Å². The third-order valence-electron chi connectivity index (χ3n) is 5.59. The molecule has 1 aliphatic carbocycles. The summed E-state index contributed by atoms with van der Waals surface area (Å²) in [7, 11) is 6.99. The van der Waals surface area contributed by atoms with Crippen molar-refractivity contribution < 1.29 is 9.59 Å². The molecular weight excluding hydrogens is 505 g/mol. The van der Waals surface area contributed by atoms with E-state index in [1.165, 1.54) is 19.3 Å². The number of rotatable bonds is 7. The lowest BCUT2D eigenvalue weighted by molar-refractivity contribution is -0.127. The first-order chi connectivity index (χ1) is 14.3. The molecule has 0 heterocycles. The summed E-state index contributed by atoms with van der Waals surface area (Å²) < 4.78 is 0. The summed E-state index contributed by atoms with van der Waals surface area (Å²) in [5.41, 5.74) is 1.78. The molecule has 1 saturated carbocycles. The maximum atomic E-state index is 12.2. The summed E-state index contributed by atoms with van der Waals surface area (Å²) in [4.78, 5) is 31.8. The number of benzene rings is 1. The zero-order valence-corrected chi connectivity index (χ0v) is 21.8. The van der Waals surface area contributed by atoms with Gasteiger partial charge in [-0.05, 0) is 42.9 Å². The van der Waals surface area contributed by atoms with Crippen LogP contribution in [0.1, 0.15) is 48.5 Å². The Hall–Kier alpha value is -1.84. The van der Waals surface area contributed by atoms with Crippen LogP contribution < -0.4 is 10.6 Å². The van der Waals surface area contributed by atoms with Crippen molar-refractivity contribution in [2.24, 2.45) is 10.9 Å². The molecule has 2 unspecified atom stereocenters. The van der Waals surface area contributed by atoms with E-state index in [0.29, 0.717) is 30.0 Å². The number of nitrogens with zero attached hydrogens (tertiary/aromatic N) is 3. The molecule has 8 heteroatoms. The highest BCUT2D eigenvalue weighted by Gasteiger charge is 2.22. The van der Waals surface area contributed by atoms with Gasteiger partial charge >= 0.3 is 0 Å². The molecule has 174 valence electrons. The largest absolute Gasteiger partial charge is 0.356 e. The van der Waals surface area contributed by atoms with Crippen molar-refractivity contribution in [3.63, 3.8) is 0 Å². The maximum Gasteiger partial charge on any atom is 0.253 e. The van der Waals surface area contributed by atoms with Gasteiger partial charge < -0.3 is 20.4 Å². The van der Waals surface area contributed by atoms with Gasteiger partial charge in [-0.1, -0.05) is 31.9 Å². The molecule has 1 fully saturated rings. The molecule has 0 spiro atoms. The fraction of sp³-hybridized carbons (Fsp3) is 0.609. The van der Waals surface area contributed by atoms with Gasteiger partial charge in [0.15, 0.2) is 5.96 Å². The zero-order valence-electron chi connectivity index (χ0n) is 19.5. The predicted octanol–water partition coefficient (Wildman–Crippen LogP) is 2.75. The lowest BCUT2D eigenvalue weighted by atomic mass is 9.86. The molecule has 0 saturated heterocycles. The smallest absolute Gasteiger partial charge is 0.253 e. The van der Waals surface area contributed by atoms with Crippen molar-refractivity contribution in [3.8, 4) is 0 Å². The minimum atomic E-state index is -0.0253. The topological polar surface area (TPSA) is 77.0 Å². The van der Waals surface area contributed by atoms with Crippen molar-refractivity contribution in [2.75, 3.05) is 41.3 Å². The van der Waals surface area contributed by atoms with E-state index >= 15 is 0 Å². The Balaban J connectivity index is 0.00000480. The number of guanidine groups is 1. The molecule has 1 aromatic rings. The molecule has 31 heavy (non-hydrogen) atoms. The average Bonchev–Trinajstić information content (AvgIpc) is 2.72. The fourth-order valence-corrected chi connectivity index (χ4v) is 3.59. The highest BCUT2D eigenvalue weighted by atomic mass is 127. The number of carbonyl (C=O) groups is 2. The number of hydrogen-bond acceptors (Lipinski definition) is 3. The van der Waals surface area contributed by atoms with Crippen LogP contribution >= 0.6 is 24.0 Å². The first-order valence-electron chi connectivity index (χ1n) is 10.8. The van der Waals surface area contributed by atoms with E-state index in [1.54, 1.807) is 38.0 Å². The van der Waals surface area contributed by atoms with Gasteiger partial charge in [0.05, 0.1) is 0 Å². The van der Waals surface area contributed by atoms with Crippen LogP contribution in [0, 0.1) is 5.92 Å². The molecule has 7 nitrogen and oxygen atoms in total. The minimum Gasteiger partial charge on any atom is -0.356 e. The lowest BCUT2D eigenvalue weighted by Gasteiger charge is -2.31. The molecule has 1 aliphatic rings. The van der Waals surface area contributed by atoms with Crippen molar-refractivity contribution in [2.45, 2.75) is 45.1 Å². The van der Waals surface area contributed by atoms with Crippen molar-refractivity contribution in [3.05, 3.63) is 35.4 Å². The fourth-order valence-electron chi connectivity index (χ4n) is 3.59. The minimum absolute atomic E-state index is 0. The second kappa shape index (κ2) is 13.5. The first-order valence-corrected chi connectivity index (χ1v) is 10.8. The highest BCUT2D eigenvalue weighted by Crippen LogP contribution is 2.23. The number of nitrogens with one attached hydrogen (secondary N) is 2. The number of amides is 2. The standard InChI is InChI=1S/C23H37N5O2.HI/c1-17-9-6-7-12-20(17)26-23(25-16-21(29)27(2)3)24-14-13-18-10-8-11-19(15-18)22(30)28(4)5;/h8,10-11,15,17,20H,6-7,9,12-14,16H2,1-5H3,(H2,24,25,26);1H. The molecular formula is C23H38IN5O2. The third-order valence-corrected chi connectivity index (χ3v) is 5.59. The van der Waals surface area contributed by atoms with E-state index in [9.17, 15) is 9.59 Å². The van der Waals surface area contributed by atoms with Crippen molar-refractivity contribution in [1.29, 1.82) is 0 Å². The second-order valence-corrected chi connectivity index (χ2v) is 8.54. The van der Waals surface area contributed by atoms with Gasteiger partial charge in [-0.3, -0.25) is 9.59 Å². The van der Waals surface area contributed by atoms with Crippen LogP contribution in [0.2, 0.25) is 0 Å². The summed E-state index contributed by atoms with van der Waals surface area (Å²) in [6.45, 7) is 3.06. The Labute approximate surface area is 204 Å². The van der Waals surface area contributed by atoms with Crippen LogP contribution in [0.25, 0.3) is 0 Å². The summed E-state index contributed by atoms with van der Waals surface area (Å²) in [6, 6.07) is 8.09. The molecule has 0 radical (unpaired) electrons. The molecule has 0 aromatic heterocycles. The van der Waals surface area contributed by atoms with Gasteiger partial charge in [0.2, 0.25) is 5.91 Å². The van der Waals surface area contributed by atoms with Gasteiger partial charge in [0.1, 0.15) is 6.54 Å². The number of halogens is 1. The average molecular weight is 543 g/mol. The molecule has 2 atom stereocenters. The normalized spacial score (nSPS) is 18.5. The summed E-state index contributed by atoms with van der Waals surface area (Å²) in [5, 5.41) is 6.91. The molecule has 0 bridgehead atoms. The molecule has 2 rings (SSSR count). The van der Waals surface area contributed by atoms with Gasteiger partial charge in [-0.15, -0.1) is 24.0 Å². The number of aliphatic imine (C=N–C) groups is 1. The van der Waals surface area contributed by atoms with Crippen LogP contribution in [-0.2, 0) is 11.2 Å². The van der Waals surface area contributed by atoms with E-state index < -0.39 is 0 Å². The second-order valence-electron chi connectivity index (χ2n) is 8.54. The molecule has 1 aromatic carbocycles. The van der Waals surface area contributed by atoms with Crippen LogP contribution in [0.15, 0.2) is 29.3 Å². The van der Waals surface area contributed by atoms with Crippen LogP contribution in [-0.4, -0.2) is 74.9 Å². The number of likely N-dealkylation sites (N-methyl/N-ethyl adjacent to an activating group) is 1. The summed E-state index contributed by atoms with van der Waals surface area (Å²) >= 11 is 0. The van der Waals surface area contributed by atoms with E-state index in [2.05, 4.69) is 22.5 Å².